The summed E-state index contributed by atoms with van der Waals surface area (Å²) in [6.45, 7) is 0. The third-order valence-corrected chi connectivity index (χ3v) is 5.54. The molecule has 0 aliphatic carbocycles. The summed E-state index contributed by atoms with van der Waals surface area (Å²) < 4.78 is 20.4. The first kappa shape index (κ1) is 22.1. The van der Waals surface area contributed by atoms with Crippen LogP contribution in [0.2, 0.25) is 0 Å². The van der Waals surface area contributed by atoms with Gasteiger partial charge in [0.25, 0.3) is 11.9 Å². The molecular weight excluding hydrogens is 445 g/mol. The number of hydrogen-bond donors (Lipinski definition) is 2. The first-order valence-electron chi connectivity index (χ1n) is 11.0. The van der Waals surface area contributed by atoms with Gasteiger partial charge in [0.1, 0.15) is 17.6 Å². The minimum Gasteiger partial charge on any atom is -0.497 e. The predicted octanol–water partition coefficient (Wildman–Crippen LogP) is 5.13. The molecule has 35 heavy (non-hydrogen) atoms. The Bertz CT molecular complexity index is 1390. The third kappa shape index (κ3) is 4.96. The first-order chi connectivity index (χ1) is 17.1. The third-order valence-electron chi connectivity index (χ3n) is 5.54. The van der Waals surface area contributed by atoms with Gasteiger partial charge in [-0.2, -0.15) is 4.98 Å². The lowest BCUT2D eigenvalue weighted by Gasteiger charge is -2.24. The highest BCUT2D eigenvalue weighted by Crippen LogP contribution is 2.33. The lowest BCUT2D eigenvalue weighted by molar-refractivity contribution is -0.111. The molecule has 2 N–H and O–H groups in total. The highest BCUT2D eigenvalue weighted by Gasteiger charge is 2.25. The first-order valence-corrected chi connectivity index (χ1v) is 11.0. The molecule has 7 nitrogen and oxygen atoms in total. The fraction of sp³-hybridized carbons (Fsp3) is 0.0741. The van der Waals surface area contributed by atoms with E-state index in [4.69, 9.17) is 4.74 Å². The van der Waals surface area contributed by atoms with Crippen molar-refractivity contribution < 1.29 is 13.9 Å². The number of nitrogens with one attached hydrogen (secondary N) is 2. The Balaban J connectivity index is 1.40. The summed E-state index contributed by atoms with van der Waals surface area (Å²) >= 11 is 0. The van der Waals surface area contributed by atoms with Crippen LogP contribution in [0.1, 0.15) is 22.7 Å². The average molecular weight is 468 g/mol. The fourth-order valence-electron chi connectivity index (χ4n) is 3.77. The van der Waals surface area contributed by atoms with E-state index < -0.39 is 0 Å². The quantitative estimate of drug-likeness (QED) is 0.384. The van der Waals surface area contributed by atoms with Crippen molar-refractivity contribution in [1.82, 2.24) is 14.8 Å². The number of hydrogen-bond acceptors (Lipinski definition) is 5. The van der Waals surface area contributed by atoms with Crippen molar-refractivity contribution in [3.05, 3.63) is 114 Å². The lowest BCUT2D eigenvalue weighted by atomic mass is 10.0. The second-order valence-corrected chi connectivity index (χ2v) is 7.87. The van der Waals surface area contributed by atoms with E-state index in [-0.39, 0.29) is 23.7 Å². The molecule has 174 valence electrons. The van der Waals surface area contributed by atoms with Crippen LogP contribution >= 0.6 is 0 Å². The SMILES string of the molecule is COc1ccc(/C=C/C(=O)Nc2nc3n(n2)[C@H](c2ccc(F)cc2)C=C(c2ccccc2)N3)cc1. The zero-order valence-corrected chi connectivity index (χ0v) is 18.9. The predicted molar refractivity (Wildman–Crippen MR) is 133 cm³/mol. The normalized spacial score (nSPS) is 14.7. The topological polar surface area (TPSA) is 81.1 Å². The van der Waals surface area contributed by atoms with Crippen LogP contribution in [0.15, 0.2) is 91.0 Å². The number of aromatic nitrogens is 3. The zero-order valence-electron chi connectivity index (χ0n) is 18.9. The Labute approximate surface area is 201 Å². The molecule has 0 bridgehead atoms. The van der Waals surface area contributed by atoms with E-state index in [1.54, 1.807) is 30.0 Å². The number of amides is 1. The zero-order chi connectivity index (χ0) is 24.2. The number of carbonyl (C=O) groups excluding carboxylic acids is 1. The van der Waals surface area contributed by atoms with Gasteiger partial charge in [0, 0.05) is 11.8 Å². The number of methoxy groups -OCH3 is 1. The lowest BCUT2D eigenvalue weighted by Crippen LogP contribution is -2.20. The average Bonchev–Trinajstić information content (AvgIpc) is 3.30. The van der Waals surface area contributed by atoms with E-state index >= 15 is 0 Å². The van der Waals surface area contributed by atoms with Crippen molar-refractivity contribution in [2.75, 3.05) is 17.7 Å². The number of ether oxygens (including phenoxy) is 1. The Morgan fingerprint density at radius 1 is 1.06 bits per heavy atom. The van der Waals surface area contributed by atoms with Crippen LogP contribution < -0.4 is 15.4 Å². The minimum atomic E-state index is -0.363. The molecule has 5 rings (SSSR count). The number of benzene rings is 3. The number of halogens is 1. The molecule has 0 unspecified atom stereocenters. The number of carbonyl (C=O) groups is 1. The maximum atomic E-state index is 13.5. The molecule has 0 saturated carbocycles. The van der Waals surface area contributed by atoms with Crippen molar-refractivity contribution in [3.8, 4) is 5.75 Å². The second-order valence-electron chi connectivity index (χ2n) is 7.87. The molecule has 0 spiro atoms. The largest absolute Gasteiger partial charge is 0.497 e. The summed E-state index contributed by atoms with van der Waals surface area (Å²) in [5.41, 5.74) is 3.51. The number of anilines is 2. The minimum absolute atomic E-state index is 0.159. The van der Waals surface area contributed by atoms with Gasteiger partial charge in [-0.1, -0.05) is 54.6 Å². The molecule has 0 radical (unpaired) electrons. The molecule has 8 heteroatoms. The molecule has 4 aromatic rings. The molecule has 0 saturated heterocycles. The number of fused-ring (bicyclic) bond motifs is 1. The van der Waals surface area contributed by atoms with Gasteiger partial charge >= 0.3 is 0 Å². The molecule has 0 fully saturated rings. The van der Waals surface area contributed by atoms with Crippen LogP contribution in [0.4, 0.5) is 16.3 Å². The summed E-state index contributed by atoms with van der Waals surface area (Å²) in [4.78, 5) is 17.0. The molecule has 1 aliphatic rings. The Morgan fingerprint density at radius 2 is 1.80 bits per heavy atom. The van der Waals surface area contributed by atoms with Gasteiger partial charge in [0.05, 0.1) is 7.11 Å². The second kappa shape index (κ2) is 9.64. The van der Waals surface area contributed by atoms with E-state index in [1.165, 1.54) is 18.2 Å². The molecule has 2 heterocycles. The maximum Gasteiger partial charge on any atom is 0.250 e. The standard InChI is InChI=1S/C27H22FN5O2/c1-35-22-14-7-18(8-15-22)9-16-25(34)30-26-31-27-29-23(19-5-3-2-4-6-19)17-24(33(27)32-26)20-10-12-21(28)13-11-20/h2-17,24H,1H3,(H2,29,30,31,32,34)/b16-9+/t24-/m0/s1. The van der Waals surface area contributed by atoms with Gasteiger partial charge in [-0.25, -0.2) is 9.07 Å². The Kier molecular flexibility index (Phi) is 6.09. The van der Waals surface area contributed by atoms with Crippen molar-refractivity contribution in [1.29, 1.82) is 0 Å². The van der Waals surface area contributed by atoms with E-state index in [2.05, 4.69) is 20.7 Å². The van der Waals surface area contributed by atoms with Crippen molar-refractivity contribution in [2.24, 2.45) is 0 Å². The summed E-state index contributed by atoms with van der Waals surface area (Å²) in [7, 11) is 1.60. The van der Waals surface area contributed by atoms with Crippen LogP contribution in [0.25, 0.3) is 11.8 Å². The molecule has 1 aromatic heterocycles. The van der Waals surface area contributed by atoms with Crippen LogP contribution in [0.5, 0.6) is 5.75 Å². The maximum absolute atomic E-state index is 13.5. The van der Waals surface area contributed by atoms with Crippen LogP contribution in [-0.4, -0.2) is 27.8 Å². The van der Waals surface area contributed by atoms with Crippen LogP contribution in [0, 0.1) is 5.82 Å². The molecule has 1 aliphatic heterocycles. The van der Waals surface area contributed by atoms with E-state index in [0.29, 0.717) is 5.95 Å². The van der Waals surface area contributed by atoms with Gasteiger partial charge in [-0.15, -0.1) is 5.10 Å². The van der Waals surface area contributed by atoms with Crippen molar-refractivity contribution in [2.45, 2.75) is 6.04 Å². The summed E-state index contributed by atoms with van der Waals surface area (Å²) in [5, 5.41) is 10.5. The van der Waals surface area contributed by atoms with E-state index in [0.717, 1.165) is 28.1 Å². The highest BCUT2D eigenvalue weighted by atomic mass is 19.1. The molecule has 1 atom stereocenters. The van der Waals surface area contributed by atoms with Gasteiger partial charge in [0.15, 0.2) is 0 Å². The number of nitrogens with zero attached hydrogens (tertiary/aromatic N) is 3. The Hall–Kier alpha value is -4.72. The van der Waals surface area contributed by atoms with Gasteiger partial charge in [-0.05, 0) is 53.1 Å². The molecule has 3 aromatic carbocycles. The molecule has 1 amide bonds. The monoisotopic (exact) mass is 467 g/mol. The smallest absolute Gasteiger partial charge is 0.250 e. The van der Waals surface area contributed by atoms with Crippen molar-refractivity contribution >= 4 is 29.6 Å². The van der Waals surface area contributed by atoms with Gasteiger partial charge < -0.3 is 10.1 Å². The Morgan fingerprint density at radius 3 is 2.51 bits per heavy atom. The number of rotatable bonds is 6. The number of allylic oxidation sites excluding steroid dienone is 1. The summed E-state index contributed by atoms with van der Waals surface area (Å²) in [6.07, 6.45) is 5.11. The highest BCUT2D eigenvalue weighted by molar-refractivity contribution is 6.01. The van der Waals surface area contributed by atoms with E-state index in [9.17, 15) is 9.18 Å². The van der Waals surface area contributed by atoms with Crippen LogP contribution in [0.3, 0.4) is 0 Å². The van der Waals surface area contributed by atoms with Crippen molar-refractivity contribution in [3.63, 3.8) is 0 Å². The van der Waals surface area contributed by atoms with Gasteiger partial charge in [-0.3, -0.25) is 10.1 Å². The molecular formula is C27H22FN5O2. The fourth-order valence-corrected chi connectivity index (χ4v) is 3.77. The van der Waals surface area contributed by atoms with E-state index in [1.807, 2.05) is 60.7 Å². The summed E-state index contributed by atoms with van der Waals surface area (Å²) in [6, 6.07) is 23.1. The summed E-state index contributed by atoms with van der Waals surface area (Å²) in [5.74, 6) is 0.691. The van der Waals surface area contributed by atoms with Gasteiger partial charge in [0.2, 0.25) is 5.95 Å². The van der Waals surface area contributed by atoms with Crippen LogP contribution in [-0.2, 0) is 4.79 Å².